The van der Waals surface area contributed by atoms with Crippen LogP contribution in [0.25, 0.3) is 0 Å². The average molecular weight is 420 g/mol. The van der Waals surface area contributed by atoms with Gasteiger partial charge in [-0.3, -0.25) is 10.1 Å². The van der Waals surface area contributed by atoms with Gasteiger partial charge in [-0.15, -0.1) is 0 Å². The zero-order valence-corrected chi connectivity index (χ0v) is 14.0. The van der Waals surface area contributed by atoms with E-state index in [0.29, 0.717) is 16.0 Å². The molecule has 0 aliphatic heterocycles. The highest BCUT2D eigenvalue weighted by molar-refractivity contribution is 9.10. The number of nitrogens with zero attached hydrogens (tertiary/aromatic N) is 1. The van der Waals surface area contributed by atoms with Crippen molar-refractivity contribution in [2.75, 3.05) is 5.32 Å². The molecule has 0 aromatic heterocycles. The Labute approximate surface area is 137 Å². The number of rotatable bonds is 4. The lowest BCUT2D eigenvalue weighted by molar-refractivity contribution is -0.384. The molecule has 2 aromatic rings. The van der Waals surface area contributed by atoms with E-state index < -0.39 is 4.92 Å². The van der Waals surface area contributed by atoms with E-state index >= 15 is 0 Å². The smallest absolute Gasteiger partial charge is 0.270 e. The summed E-state index contributed by atoms with van der Waals surface area (Å²) in [5, 5.41) is 14.5. The molecular formula is C13H9Br2ClN2O2. The zero-order valence-electron chi connectivity index (χ0n) is 10.1. The maximum absolute atomic E-state index is 10.7. The molecule has 0 bridgehead atoms. The highest BCUT2D eigenvalue weighted by atomic mass is 79.9. The molecule has 104 valence electrons. The van der Waals surface area contributed by atoms with Crippen molar-refractivity contribution in [3.8, 4) is 0 Å². The van der Waals surface area contributed by atoms with Gasteiger partial charge in [-0.05, 0) is 45.8 Å². The van der Waals surface area contributed by atoms with Crippen LogP contribution in [0.4, 0.5) is 11.4 Å². The number of anilines is 1. The molecule has 0 aliphatic rings. The summed E-state index contributed by atoms with van der Waals surface area (Å²) in [5.74, 6) is 0. The molecule has 2 rings (SSSR count). The van der Waals surface area contributed by atoms with Gasteiger partial charge < -0.3 is 5.32 Å². The van der Waals surface area contributed by atoms with Crippen LogP contribution in [0, 0.1) is 10.1 Å². The highest BCUT2D eigenvalue weighted by Crippen LogP contribution is 2.27. The lowest BCUT2D eigenvalue weighted by Gasteiger charge is -2.09. The molecule has 4 nitrogen and oxygen atoms in total. The number of halogens is 3. The lowest BCUT2D eigenvalue weighted by Crippen LogP contribution is -2.00. The summed E-state index contributed by atoms with van der Waals surface area (Å²) in [6.45, 7) is 0.548. The number of nitrogens with one attached hydrogen (secondary N) is 1. The number of hydrogen-bond acceptors (Lipinski definition) is 3. The third kappa shape index (κ3) is 3.71. The summed E-state index contributed by atoms with van der Waals surface area (Å²) in [6, 6.07) is 10.2. The summed E-state index contributed by atoms with van der Waals surface area (Å²) in [6.07, 6.45) is 0. The van der Waals surface area contributed by atoms with Crippen LogP contribution in [0.15, 0.2) is 45.3 Å². The van der Waals surface area contributed by atoms with Crippen LogP contribution in [0.5, 0.6) is 0 Å². The maximum atomic E-state index is 10.7. The second-order valence-corrected chi connectivity index (χ2v) is 6.13. The quantitative estimate of drug-likeness (QED) is 0.533. The standard InChI is InChI=1S/C13H9Br2ClN2O2/c14-11-6-10(18(19)20)3-1-8(11)7-17-9-2-4-13(16)12(15)5-9/h1-6,17H,7H2. The van der Waals surface area contributed by atoms with Crippen molar-refractivity contribution in [3.63, 3.8) is 0 Å². The van der Waals surface area contributed by atoms with Crippen LogP contribution >= 0.6 is 43.5 Å². The molecule has 0 unspecified atom stereocenters. The molecular weight excluding hydrogens is 411 g/mol. The first-order valence-corrected chi connectivity index (χ1v) is 7.55. The lowest BCUT2D eigenvalue weighted by atomic mass is 10.2. The molecule has 0 saturated heterocycles. The molecule has 0 aliphatic carbocycles. The molecule has 0 spiro atoms. The summed E-state index contributed by atoms with van der Waals surface area (Å²) >= 11 is 12.6. The predicted octanol–water partition coefficient (Wildman–Crippen LogP) is 5.39. The topological polar surface area (TPSA) is 55.2 Å². The molecule has 0 atom stereocenters. The fourth-order valence-electron chi connectivity index (χ4n) is 1.60. The Bertz CT molecular complexity index is 665. The van der Waals surface area contributed by atoms with Gasteiger partial charge in [0.05, 0.1) is 9.95 Å². The van der Waals surface area contributed by atoms with Crippen molar-refractivity contribution in [2.45, 2.75) is 6.54 Å². The number of hydrogen-bond donors (Lipinski definition) is 1. The molecule has 20 heavy (non-hydrogen) atoms. The van der Waals surface area contributed by atoms with Gasteiger partial charge in [0.25, 0.3) is 5.69 Å². The first-order chi connectivity index (χ1) is 9.47. The molecule has 0 heterocycles. The van der Waals surface area contributed by atoms with Crippen molar-refractivity contribution >= 4 is 54.8 Å². The van der Waals surface area contributed by atoms with E-state index in [1.165, 1.54) is 12.1 Å². The normalized spacial score (nSPS) is 10.3. The van der Waals surface area contributed by atoms with Crippen LogP contribution in [-0.2, 0) is 6.54 Å². The predicted molar refractivity (Wildman–Crippen MR) is 87.3 cm³/mol. The maximum Gasteiger partial charge on any atom is 0.270 e. The first-order valence-electron chi connectivity index (χ1n) is 5.59. The minimum atomic E-state index is -0.418. The van der Waals surface area contributed by atoms with Crippen molar-refractivity contribution in [3.05, 3.63) is 66.0 Å². The minimum absolute atomic E-state index is 0.0647. The molecule has 1 N–H and O–H groups in total. The van der Waals surface area contributed by atoms with E-state index in [-0.39, 0.29) is 5.69 Å². The number of nitro benzene ring substituents is 1. The molecule has 0 amide bonds. The van der Waals surface area contributed by atoms with E-state index in [1.807, 2.05) is 12.1 Å². The van der Waals surface area contributed by atoms with E-state index in [2.05, 4.69) is 37.2 Å². The Morgan fingerprint density at radius 1 is 1.15 bits per heavy atom. The highest BCUT2D eigenvalue weighted by Gasteiger charge is 2.09. The van der Waals surface area contributed by atoms with Gasteiger partial charge in [0.15, 0.2) is 0 Å². The van der Waals surface area contributed by atoms with Crippen LogP contribution < -0.4 is 5.32 Å². The summed E-state index contributed by atoms with van der Waals surface area (Å²) in [5.41, 5.74) is 1.91. The summed E-state index contributed by atoms with van der Waals surface area (Å²) in [7, 11) is 0. The van der Waals surface area contributed by atoms with Crippen LogP contribution in [0.1, 0.15) is 5.56 Å². The number of non-ortho nitro benzene ring substituents is 1. The Kier molecular flexibility index (Phi) is 5.01. The molecule has 2 aromatic carbocycles. The fourth-order valence-corrected chi connectivity index (χ4v) is 2.60. The van der Waals surface area contributed by atoms with E-state index in [9.17, 15) is 10.1 Å². The van der Waals surface area contributed by atoms with E-state index in [1.54, 1.807) is 12.1 Å². The second kappa shape index (κ2) is 6.56. The van der Waals surface area contributed by atoms with Gasteiger partial charge >= 0.3 is 0 Å². The number of nitro groups is 1. The molecule has 0 radical (unpaired) electrons. The summed E-state index contributed by atoms with van der Waals surface area (Å²) < 4.78 is 1.51. The van der Waals surface area contributed by atoms with E-state index in [0.717, 1.165) is 15.7 Å². The molecule has 0 saturated carbocycles. The fraction of sp³-hybridized carbons (Fsp3) is 0.0769. The van der Waals surface area contributed by atoms with Crippen molar-refractivity contribution in [1.82, 2.24) is 0 Å². The second-order valence-electron chi connectivity index (χ2n) is 4.02. The molecule has 0 fully saturated rings. The van der Waals surface area contributed by atoms with Crippen LogP contribution in [0.3, 0.4) is 0 Å². The SMILES string of the molecule is O=[N+]([O-])c1ccc(CNc2ccc(Cl)c(Br)c2)c(Br)c1. The Balaban J connectivity index is 2.10. The van der Waals surface area contributed by atoms with Gasteiger partial charge in [-0.1, -0.05) is 27.5 Å². The van der Waals surface area contributed by atoms with Gasteiger partial charge in [0.1, 0.15) is 0 Å². The largest absolute Gasteiger partial charge is 0.381 e. The van der Waals surface area contributed by atoms with Crippen molar-refractivity contribution < 1.29 is 4.92 Å². The minimum Gasteiger partial charge on any atom is -0.381 e. The first kappa shape index (κ1) is 15.3. The third-order valence-corrected chi connectivity index (χ3v) is 4.60. The van der Waals surface area contributed by atoms with Gasteiger partial charge in [-0.2, -0.15) is 0 Å². The van der Waals surface area contributed by atoms with Crippen molar-refractivity contribution in [2.24, 2.45) is 0 Å². The Hall–Kier alpha value is -1.11. The monoisotopic (exact) mass is 418 g/mol. The van der Waals surface area contributed by atoms with Gasteiger partial charge in [-0.25, -0.2) is 0 Å². The van der Waals surface area contributed by atoms with E-state index in [4.69, 9.17) is 11.6 Å². The number of benzene rings is 2. The average Bonchev–Trinajstić information content (AvgIpc) is 2.41. The molecule has 7 heteroatoms. The van der Waals surface area contributed by atoms with Crippen LogP contribution in [-0.4, -0.2) is 4.92 Å². The Morgan fingerprint density at radius 2 is 1.90 bits per heavy atom. The van der Waals surface area contributed by atoms with Gasteiger partial charge in [0, 0.05) is 33.3 Å². The van der Waals surface area contributed by atoms with Crippen molar-refractivity contribution in [1.29, 1.82) is 0 Å². The van der Waals surface area contributed by atoms with Crippen LogP contribution in [0.2, 0.25) is 5.02 Å². The third-order valence-electron chi connectivity index (χ3n) is 2.65. The Morgan fingerprint density at radius 3 is 2.50 bits per heavy atom. The zero-order chi connectivity index (χ0) is 14.7. The summed E-state index contributed by atoms with van der Waals surface area (Å²) in [4.78, 5) is 10.2. The van der Waals surface area contributed by atoms with Gasteiger partial charge in [0.2, 0.25) is 0 Å².